The summed E-state index contributed by atoms with van der Waals surface area (Å²) in [5.74, 6) is -0.422. The van der Waals surface area contributed by atoms with E-state index in [1.807, 2.05) is 5.48 Å². The lowest BCUT2D eigenvalue weighted by atomic mass is 10.1. The van der Waals surface area contributed by atoms with Crippen LogP contribution in [0.2, 0.25) is 0 Å². The largest absolute Gasteiger partial charge is 0.442 e. The summed E-state index contributed by atoms with van der Waals surface area (Å²) >= 11 is 0. The zero-order chi connectivity index (χ0) is 16.8. The molecule has 5 heteroatoms. The van der Waals surface area contributed by atoms with Crippen LogP contribution in [0.25, 0.3) is 0 Å². The highest BCUT2D eigenvalue weighted by Crippen LogP contribution is 2.11. The van der Waals surface area contributed by atoms with Crippen LogP contribution in [-0.4, -0.2) is 17.7 Å². The first-order chi connectivity index (χ1) is 10.3. The molecule has 0 atom stereocenters. The summed E-state index contributed by atoms with van der Waals surface area (Å²) in [6, 6.07) is 0. The Labute approximate surface area is 135 Å². The van der Waals surface area contributed by atoms with Crippen molar-refractivity contribution in [3.05, 3.63) is 0 Å². The quantitative estimate of drug-likeness (QED) is 0.460. The van der Waals surface area contributed by atoms with Crippen LogP contribution in [0.1, 0.15) is 91.9 Å². The maximum atomic E-state index is 11.4. The van der Waals surface area contributed by atoms with Crippen molar-refractivity contribution in [3.8, 4) is 0 Å². The highest BCUT2D eigenvalue weighted by molar-refractivity contribution is 5.73. The van der Waals surface area contributed by atoms with E-state index < -0.39 is 17.7 Å². The van der Waals surface area contributed by atoms with Crippen molar-refractivity contribution < 1.29 is 19.2 Å². The van der Waals surface area contributed by atoms with Gasteiger partial charge in [-0.15, -0.1) is 5.48 Å². The number of hydrogen-bond donors (Lipinski definition) is 1. The number of amides is 1. The molecule has 5 nitrogen and oxygen atoms in total. The summed E-state index contributed by atoms with van der Waals surface area (Å²) < 4.78 is 4.96. The van der Waals surface area contributed by atoms with Gasteiger partial charge in [-0.1, -0.05) is 58.3 Å². The van der Waals surface area contributed by atoms with E-state index in [-0.39, 0.29) is 0 Å². The Bertz CT molecular complexity index is 310. The molecule has 0 aromatic rings. The minimum Gasteiger partial charge on any atom is -0.442 e. The normalized spacial score (nSPS) is 11.1. The van der Waals surface area contributed by atoms with Crippen LogP contribution < -0.4 is 5.48 Å². The van der Waals surface area contributed by atoms with Crippen LogP contribution in [0.5, 0.6) is 0 Å². The topological polar surface area (TPSA) is 64.6 Å². The molecule has 22 heavy (non-hydrogen) atoms. The van der Waals surface area contributed by atoms with Crippen molar-refractivity contribution in [3.63, 3.8) is 0 Å². The third-order valence-corrected chi connectivity index (χ3v) is 3.13. The van der Waals surface area contributed by atoms with E-state index in [1.165, 1.54) is 38.5 Å². The molecular formula is C17H33NO4. The molecule has 0 aliphatic rings. The standard InChI is InChI=1S/C17H33NO4/c1-5-6-7-8-9-10-11-12-13-14-15(19)22-18-16(20)21-17(2,3)4/h5-14H2,1-4H3,(H,18,20). The molecule has 0 aromatic heterocycles. The second kappa shape index (κ2) is 12.3. The number of unbranched alkanes of at least 4 members (excludes halogenated alkanes) is 8. The lowest BCUT2D eigenvalue weighted by Gasteiger charge is -2.19. The lowest BCUT2D eigenvalue weighted by molar-refractivity contribution is -0.150. The predicted octanol–water partition coefficient (Wildman–Crippen LogP) is 4.89. The smallest absolute Gasteiger partial charge is 0.441 e. The first kappa shape index (κ1) is 20.7. The molecule has 0 aliphatic heterocycles. The zero-order valence-corrected chi connectivity index (χ0v) is 14.7. The average molecular weight is 315 g/mol. The third kappa shape index (κ3) is 15.1. The number of hydrogen-bond acceptors (Lipinski definition) is 4. The molecular weight excluding hydrogens is 282 g/mol. The number of ether oxygens (including phenoxy) is 1. The number of rotatable bonds is 10. The van der Waals surface area contributed by atoms with Crippen LogP contribution in [0.4, 0.5) is 4.79 Å². The maximum absolute atomic E-state index is 11.4. The molecule has 0 radical (unpaired) electrons. The second-order valence-electron chi connectivity index (χ2n) is 6.66. The minimum atomic E-state index is -0.743. The minimum absolute atomic E-state index is 0.325. The summed E-state index contributed by atoms with van der Waals surface area (Å²) in [4.78, 5) is 27.4. The number of carbonyl (C=O) groups is 2. The van der Waals surface area contributed by atoms with Crippen LogP contribution in [0.3, 0.4) is 0 Å². The van der Waals surface area contributed by atoms with Crippen molar-refractivity contribution >= 4 is 12.1 Å². The summed E-state index contributed by atoms with van der Waals surface area (Å²) in [5, 5.41) is 0. The third-order valence-electron chi connectivity index (χ3n) is 3.13. The van der Waals surface area contributed by atoms with Crippen LogP contribution in [0.15, 0.2) is 0 Å². The first-order valence-corrected chi connectivity index (χ1v) is 8.54. The van der Waals surface area contributed by atoms with Crippen LogP contribution in [0, 0.1) is 0 Å². The molecule has 0 rings (SSSR count). The van der Waals surface area contributed by atoms with Gasteiger partial charge < -0.3 is 9.57 Å². The number of hydroxylamine groups is 1. The Morgan fingerprint density at radius 2 is 1.36 bits per heavy atom. The van der Waals surface area contributed by atoms with Crippen LogP contribution >= 0.6 is 0 Å². The molecule has 0 bridgehead atoms. The molecule has 0 saturated carbocycles. The zero-order valence-electron chi connectivity index (χ0n) is 14.7. The molecule has 0 aromatic carbocycles. The van der Waals surface area contributed by atoms with Gasteiger partial charge in [-0.2, -0.15) is 0 Å². The van der Waals surface area contributed by atoms with Crippen LogP contribution in [-0.2, 0) is 14.4 Å². The fraction of sp³-hybridized carbons (Fsp3) is 0.882. The van der Waals surface area contributed by atoms with Crippen molar-refractivity contribution in [2.75, 3.05) is 0 Å². The summed E-state index contributed by atoms with van der Waals surface area (Å²) in [7, 11) is 0. The molecule has 0 saturated heterocycles. The van der Waals surface area contributed by atoms with Gasteiger partial charge in [0, 0.05) is 6.42 Å². The van der Waals surface area contributed by atoms with Gasteiger partial charge in [-0.25, -0.2) is 9.59 Å². The van der Waals surface area contributed by atoms with Crippen molar-refractivity contribution in [2.45, 2.75) is 97.5 Å². The predicted molar refractivity (Wildman–Crippen MR) is 87.3 cm³/mol. The molecule has 0 aliphatic carbocycles. The fourth-order valence-corrected chi connectivity index (χ4v) is 2.03. The first-order valence-electron chi connectivity index (χ1n) is 8.54. The highest BCUT2D eigenvalue weighted by Gasteiger charge is 2.17. The molecule has 130 valence electrons. The van der Waals surface area contributed by atoms with E-state index in [1.54, 1.807) is 20.8 Å². The monoisotopic (exact) mass is 315 g/mol. The highest BCUT2D eigenvalue weighted by atomic mass is 16.7. The van der Waals surface area contributed by atoms with Crippen molar-refractivity contribution in [1.82, 2.24) is 5.48 Å². The van der Waals surface area contributed by atoms with E-state index >= 15 is 0 Å². The van der Waals surface area contributed by atoms with Gasteiger partial charge in [0.05, 0.1) is 0 Å². The van der Waals surface area contributed by atoms with Gasteiger partial charge in [0.1, 0.15) is 5.60 Å². The Hall–Kier alpha value is -1.26. The Kier molecular flexibility index (Phi) is 11.6. The van der Waals surface area contributed by atoms with Crippen molar-refractivity contribution in [2.24, 2.45) is 0 Å². The molecule has 1 N–H and O–H groups in total. The lowest BCUT2D eigenvalue weighted by Crippen LogP contribution is -2.34. The van der Waals surface area contributed by atoms with Gasteiger partial charge in [-0.3, -0.25) is 0 Å². The Balaban J connectivity index is 3.41. The van der Waals surface area contributed by atoms with Gasteiger partial charge in [-0.05, 0) is 27.2 Å². The van der Waals surface area contributed by atoms with Gasteiger partial charge in [0.25, 0.3) is 0 Å². The molecule has 0 heterocycles. The van der Waals surface area contributed by atoms with E-state index in [4.69, 9.17) is 4.74 Å². The molecule has 1 amide bonds. The molecule has 0 fully saturated rings. The maximum Gasteiger partial charge on any atom is 0.441 e. The summed E-state index contributed by atoms with van der Waals surface area (Å²) in [6.45, 7) is 7.46. The second-order valence-corrected chi connectivity index (χ2v) is 6.66. The number of carbonyl (C=O) groups excluding carboxylic acids is 2. The summed E-state index contributed by atoms with van der Waals surface area (Å²) in [6.07, 6.45) is 10.3. The van der Waals surface area contributed by atoms with Gasteiger partial charge >= 0.3 is 12.1 Å². The van der Waals surface area contributed by atoms with E-state index in [0.717, 1.165) is 19.3 Å². The van der Waals surface area contributed by atoms with Gasteiger partial charge in [0.2, 0.25) is 0 Å². The van der Waals surface area contributed by atoms with Crippen molar-refractivity contribution in [1.29, 1.82) is 0 Å². The number of nitrogens with one attached hydrogen (secondary N) is 1. The Morgan fingerprint density at radius 1 is 0.864 bits per heavy atom. The van der Waals surface area contributed by atoms with Gasteiger partial charge in [0.15, 0.2) is 0 Å². The van der Waals surface area contributed by atoms with E-state index in [0.29, 0.717) is 6.42 Å². The fourth-order valence-electron chi connectivity index (χ4n) is 2.03. The molecule has 0 spiro atoms. The van der Waals surface area contributed by atoms with E-state index in [2.05, 4.69) is 11.8 Å². The Morgan fingerprint density at radius 3 is 1.86 bits per heavy atom. The molecule has 0 unspecified atom stereocenters. The summed E-state index contributed by atoms with van der Waals surface area (Å²) in [5.41, 5.74) is 1.41. The average Bonchev–Trinajstić information content (AvgIpc) is 2.41. The van der Waals surface area contributed by atoms with E-state index in [9.17, 15) is 9.59 Å². The SMILES string of the molecule is CCCCCCCCCCCC(=O)ONC(=O)OC(C)(C)C.